The molecule has 4 aromatic rings. The standard InChI is InChI=1S/C25H27NSi/c1-4-27(5-2,6-3)20-17-15-19(16-18-20)25-21-11-7-9-13-23(21)26-24-14-10-8-12-22(24)25/h7-18H,4-6H2,1-3H3. The smallest absolute Gasteiger partial charge is 0.0859 e. The average Bonchev–Trinajstić information content (AvgIpc) is 2.74. The first kappa shape index (κ1) is 17.9. The Labute approximate surface area is 163 Å². The van der Waals surface area contributed by atoms with E-state index in [4.69, 9.17) is 4.98 Å². The molecule has 1 aromatic heterocycles. The summed E-state index contributed by atoms with van der Waals surface area (Å²) in [4.78, 5) is 4.87. The van der Waals surface area contributed by atoms with Crippen LogP contribution < -0.4 is 5.19 Å². The van der Waals surface area contributed by atoms with Crippen LogP contribution in [0.2, 0.25) is 18.1 Å². The summed E-state index contributed by atoms with van der Waals surface area (Å²) >= 11 is 0. The summed E-state index contributed by atoms with van der Waals surface area (Å²) in [7, 11) is -1.34. The van der Waals surface area contributed by atoms with E-state index in [-0.39, 0.29) is 0 Å². The van der Waals surface area contributed by atoms with E-state index in [1.54, 1.807) is 5.19 Å². The Morgan fingerprint density at radius 1 is 0.630 bits per heavy atom. The Kier molecular flexibility index (Phi) is 4.84. The maximum Gasteiger partial charge on any atom is 0.0859 e. The monoisotopic (exact) mass is 369 g/mol. The van der Waals surface area contributed by atoms with Crippen LogP contribution in [0.3, 0.4) is 0 Å². The topological polar surface area (TPSA) is 12.9 Å². The van der Waals surface area contributed by atoms with Crippen molar-refractivity contribution in [2.45, 2.75) is 38.9 Å². The Hall–Kier alpha value is -2.45. The van der Waals surface area contributed by atoms with Gasteiger partial charge in [-0.3, -0.25) is 0 Å². The number of hydrogen-bond acceptors (Lipinski definition) is 1. The van der Waals surface area contributed by atoms with Crippen LogP contribution in [0.5, 0.6) is 0 Å². The number of fused-ring (bicyclic) bond motifs is 2. The molecule has 2 heteroatoms. The summed E-state index contributed by atoms with van der Waals surface area (Å²) in [5.41, 5.74) is 4.73. The number of benzene rings is 3. The van der Waals surface area contributed by atoms with Crippen molar-refractivity contribution in [1.82, 2.24) is 4.98 Å². The van der Waals surface area contributed by atoms with Crippen LogP contribution in [0.4, 0.5) is 0 Å². The van der Waals surface area contributed by atoms with Gasteiger partial charge in [-0.25, -0.2) is 4.98 Å². The first-order chi connectivity index (χ1) is 13.2. The maximum absolute atomic E-state index is 4.87. The molecule has 3 aromatic carbocycles. The molecule has 0 spiro atoms. The van der Waals surface area contributed by atoms with Crippen molar-refractivity contribution >= 4 is 35.1 Å². The fourth-order valence-electron chi connectivity index (χ4n) is 4.50. The van der Waals surface area contributed by atoms with Gasteiger partial charge in [0.25, 0.3) is 0 Å². The molecular weight excluding hydrogens is 342 g/mol. The molecule has 0 aliphatic carbocycles. The molecule has 0 radical (unpaired) electrons. The number of hydrogen-bond donors (Lipinski definition) is 0. The molecule has 0 bridgehead atoms. The second-order valence-electron chi connectivity index (χ2n) is 7.44. The van der Waals surface area contributed by atoms with Crippen molar-refractivity contribution < 1.29 is 0 Å². The minimum atomic E-state index is -1.34. The van der Waals surface area contributed by atoms with Gasteiger partial charge in [0.2, 0.25) is 0 Å². The molecule has 1 heterocycles. The third-order valence-corrected chi connectivity index (χ3v) is 12.0. The Bertz CT molecular complexity index is 1020. The zero-order valence-corrected chi connectivity index (χ0v) is 17.5. The van der Waals surface area contributed by atoms with Crippen molar-refractivity contribution in [3.63, 3.8) is 0 Å². The Balaban J connectivity index is 1.94. The Morgan fingerprint density at radius 2 is 1.11 bits per heavy atom. The highest BCUT2D eigenvalue weighted by Crippen LogP contribution is 2.34. The van der Waals surface area contributed by atoms with Gasteiger partial charge in [0, 0.05) is 16.3 Å². The van der Waals surface area contributed by atoms with Crippen molar-refractivity contribution in [3.8, 4) is 11.1 Å². The molecule has 0 N–H and O–H groups in total. The molecule has 0 fully saturated rings. The van der Waals surface area contributed by atoms with Crippen molar-refractivity contribution in [2.75, 3.05) is 0 Å². The third-order valence-electron chi connectivity index (χ3n) is 6.40. The van der Waals surface area contributed by atoms with E-state index in [9.17, 15) is 0 Å². The minimum absolute atomic E-state index is 1.06. The van der Waals surface area contributed by atoms with Gasteiger partial charge >= 0.3 is 0 Å². The van der Waals surface area contributed by atoms with Crippen molar-refractivity contribution in [2.24, 2.45) is 0 Å². The van der Waals surface area contributed by atoms with Crippen LogP contribution in [0, 0.1) is 0 Å². The molecule has 0 atom stereocenters. The number of para-hydroxylation sites is 2. The van der Waals surface area contributed by atoms with Gasteiger partial charge in [-0.1, -0.05) is 105 Å². The van der Waals surface area contributed by atoms with Crippen molar-refractivity contribution in [3.05, 3.63) is 72.8 Å². The van der Waals surface area contributed by atoms with E-state index in [0.29, 0.717) is 0 Å². The number of rotatable bonds is 5. The van der Waals surface area contributed by atoms with Gasteiger partial charge in [-0.05, 0) is 17.7 Å². The van der Waals surface area contributed by atoms with Crippen LogP contribution in [-0.4, -0.2) is 13.1 Å². The SMILES string of the molecule is CC[Si](CC)(CC)c1ccc(-c2c3ccccc3nc3ccccc23)cc1. The van der Waals surface area contributed by atoms with E-state index in [1.165, 1.54) is 40.0 Å². The number of nitrogens with zero attached hydrogens (tertiary/aromatic N) is 1. The van der Waals surface area contributed by atoms with E-state index in [2.05, 4.69) is 93.6 Å². The fourth-order valence-corrected chi connectivity index (χ4v) is 8.10. The van der Waals surface area contributed by atoms with Gasteiger partial charge in [0.15, 0.2) is 0 Å². The van der Waals surface area contributed by atoms with Gasteiger partial charge < -0.3 is 0 Å². The third kappa shape index (κ3) is 2.98. The first-order valence-corrected chi connectivity index (χ1v) is 12.7. The molecule has 27 heavy (non-hydrogen) atoms. The van der Waals surface area contributed by atoms with Crippen LogP contribution in [0.1, 0.15) is 20.8 Å². The quantitative estimate of drug-likeness (QED) is 0.279. The largest absolute Gasteiger partial charge is 0.248 e. The molecule has 0 unspecified atom stereocenters. The summed E-state index contributed by atoms with van der Waals surface area (Å²) in [6, 6.07) is 30.4. The summed E-state index contributed by atoms with van der Waals surface area (Å²) in [5, 5.41) is 4.06. The van der Waals surface area contributed by atoms with Gasteiger partial charge in [-0.2, -0.15) is 0 Å². The summed E-state index contributed by atoms with van der Waals surface area (Å²) < 4.78 is 0. The fraction of sp³-hybridized carbons (Fsp3) is 0.240. The van der Waals surface area contributed by atoms with Gasteiger partial charge in [0.05, 0.1) is 19.1 Å². The highest BCUT2D eigenvalue weighted by molar-refractivity contribution is 6.91. The van der Waals surface area contributed by atoms with E-state index >= 15 is 0 Å². The zero-order chi connectivity index (χ0) is 18.9. The molecule has 0 amide bonds. The molecule has 0 saturated heterocycles. The Morgan fingerprint density at radius 3 is 1.59 bits per heavy atom. The van der Waals surface area contributed by atoms with Crippen LogP contribution >= 0.6 is 0 Å². The molecule has 136 valence electrons. The van der Waals surface area contributed by atoms with Gasteiger partial charge in [-0.15, -0.1) is 0 Å². The highest BCUT2D eigenvalue weighted by Gasteiger charge is 2.28. The lowest BCUT2D eigenvalue weighted by Gasteiger charge is -2.28. The lowest BCUT2D eigenvalue weighted by molar-refractivity contribution is 1.19. The molecular formula is C25H27NSi. The molecule has 0 aliphatic rings. The highest BCUT2D eigenvalue weighted by atomic mass is 28.3. The second kappa shape index (κ2) is 7.28. The van der Waals surface area contributed by atoms with Crippen LogP contribution in [-0.2, 0) is 0 Å². The van der Waals surface area contributed by atoms with Crippen LogP contribution in [0.15, 0.2) is 72.8 Å². The normalized spacial score (nSPS) is 12.0. The van der Waals surface area contributed by atoms with E-state index in [1.807, 2.05) is 0 Å². The zero-order valence-electron chi connectivity index (χ0n) is 16.5. The number of aromatic nitrogens is 1. The summed E-state index contributed by atoms with van der Waals surface area (Å²) in [6.07, 6.45) is 0. The lowest BCUT2D eigenvalue weighted by Crippen LogP contribution is -2.45. The molecule has 1 nitrogen and oxygen atoms in total. The molecule has 0 saturated carbocycles. The van der Waals surface area contributed by atoms with Crippen LogP contribution in [0.25, 0.3) is 32.9 Å². The number of pyridine rings is 1. The predicted octanol–water partition coefficient (Wildman–Crippen LogP) is 6.77. The maximum atomic E-state index is 4.87. The van der Waals surface area contributed by atoms with Gasteiger partial charge in [0.1, 0.15) is 0 Å². The molecule has 0 aliphatic heterocycles. The average molecular weight is 370 g/mol. The lowest BCUT2D eigenvalue weighted by atomic mass is 9.96. The molecule has 4 rings (SSSR count). The van der Waals surface area contributed by atoms with E-state index in [0.717, 1.165) is 11.0 Å². The first-order valence-electron chi connectivity index (χ1n) is 10.1. The summed E-state index contributed by atoms with van der Waals surface area (Å²) in [5.74, 6) is 0. The van der Waals surface area contributed by atoms with Crippen molar-refractivity contribution in [1.29, 1.82) is 0 Å². The predicted molar refractivity (Wildman–Crippen MR) is 122 cm³/mol. The second-order valence-corrected chi connectivity index (χ2v) is 12.7. The van der Waals surface area contributed by atoms with E-state index < -0.39 is 8.07 Å². The summed E-state index contributed by atoms with van der Waals surface area (Å²) in [6.45, 7) is 7.12. The minimum Gasteiger partial charge on any atom is -0.248 e.